The van der Waals surface area contributed by atoms with Gasteiger partial charge in [-0.15, -0.1) is 0 Å². The number of fused-ring (bicyclic) bond motifs is 1. The van der Waals surface area contributed by atoms with Gasteiger partial charge in [-0.25, -0.2) is 15.0 Å². The summed E-state index contributed by atoms with van der Waals surface area (Å²) in [5.41, 5.74) is 1.55. The molecule has 4 aromatic heterocycles. The molecule has 6 heterocycles. The highest BCUT2D eigenvalue weighted by Gasteiger charge is 2.49. The number of halogens is 3. The average molecular weight is 608 g/mol. The minimum absolute atomic E-state index is 0.00621. The molecule has 3 aliphatic rings. The van der Waals surface area contributed by atoms with Crippen LogP contribution < -0.4 is 10.1 Å². The third-order valence-electron chi connectivity index (χ3n) is 9.00. The van der Waals surface area contributed by atoms with Crippen molar-refractivity contribution < 1.29 is 22.6 Å². The van der Waals surface area contributed by atoms with Crippen molar-refractivity contribution >= 4 is 11.0 Å². The van der Waals surface area contributed by atoms with E-state index < -0.39 is 17.4 Å². The van der Waals surface area contributed by atoms with Crippen LogP contribution in [0.5, 0.6) is 5.88 Å². The summed E-state index contributed by atoms with van der Waals surface area (Å²) in [4.78, 5) is 18.0. The van der Waals surface area contributed by atoms with Crippen LogP contribution in [0.3, 0.4) is 0 Å². The Labute approximate surface area is 251 Å². The van der Waals surface area contributed by atoms with Gasteiger partial charge in [0, 0.05) is 55.1 Å². The molecule has 2 N–H and O–H groups in total. The number of alkyl halides is 3. The van der Waals surface area contributed by atoms with Crippen molar-refractivity contribution in [1.82, 2.24) is 39.9 Å². The maximum Gasteiger partial charge on any atom is 0.433 e. The molecule has 0 unspecified atom stereocenters. The Morgan fingerprint density at radius 1 is 1.18 bits per heavy atom. The second kappa shape index (κ2) is 11.5. The fourth-order valence-electron chi connectivity index (χ4n) is 6.45. The Balaban J connectivity index is 0.975. The van der Waals surface area contributed by atoms with Crippen LogP contribution in [0.25, 0.3) is 22.3 Å². The van der Waals surface area contributed by atoms with Crippen LogP contribution >= 0.6 is 0 Å². The molecule has 0 bridgehead atoms. The first kappa shape index (κ1) is 28.7. The molecule has 0 radical (unpaired) electrons. The van der Waals surface area contributed by atoms with Crippen LogP contribution in [0.1, 0.15) is 43.4 Å². The molecule has 2 saturated heterocycles. The molecule has 11 nitrogen and oxygen atoms in total. The van der Waals surface area contributed by atoms with Crippen LogP contribution in [-0.2, 0) is 23.0 Å². The maximum atomic E-state index is 13.6. The van der Waals surface area contributed by atoms with Gasteiger partial charge in [0.25, 0.3) is 0 Å². The van der Waals surface area contributed by atoms with Crippen LogP contribution in [0.15, 0.2) is 43.1 Å². The van der Waals surface area contributed by atoms with Gasteiger partial charge in [0.05, 0.1) is 49.2 Å². The molecule has 44 heavy (non-hydrogen) atoms. The van der Waals surface area contributed by atoms with E-state index in [1.807, 2.05) is 23.1 Å². The third-order valence-corrected chi connectivity index (χ3v) is 9.00. The van der Waals surface area contributed by atoms with Crippen molar-refractivity contribution in [2.24, 2.45) is 0 Å². The van der Waals surface area contributed by atoms with E-state index in [9.17, 15) is 18.4 Å². The van der Waals surface area contributed by atoms with E-state index in [4.69, 9.17) is 9.47 Å². The molecule has 7 rings (SSSR count). The van der Waals surface area contributed by atoms with E-state index in [1.165, 1.54) is 6.33 Å². The van der Waals surface area contributed by atoms with Crippen molar-refractivity contribution in [2.45, 2.75) is 68.6 Å². The van der Waals surface area contributed by atoms with E-state index in [1.54, 1.807) is 12.3 Å². The van der Waals surface area contributed by atoms with Gasteiger partial charge in [0.1, 0.15) is 23.8 Å². The van der Waals surface area contributed by atoms with Crippen LogP contribution in [-0.4, -0.2) is 79.1 Å². The number of likely N-dealkylation sites (tertiary alicyclic amines) is 1. The topological polar surface area (TPSA) is 130 Å². The molecular formula is C30H32F3N9O2. The summed E-state index contributed by atoms with van der Waals surface area (Å²) in [5, 5.41) is 18.4. The lowest BCUT2D eigenvalue weighted by Gasteiger charge is -2.52. The number of hydrogen-bond acceptors (Lipinski definition) is 9. The number of nitrogens with one attached hydrogen (secondary N) is 2. The second-order valence-electron chi connectivity index (χ2n) is 11.9. The average Bonchev–Trinajstić information content (AvgIpc) is 3.64. The Morgan fingerprint density at radius 3 is 2.73 bits per heavy atom. The number of ether oxygens (including phenoxy) is 2. The van der Waals surface area contributed by atoms with Gasteiger partial charge in [-0.1, -0.05) is 0 Å². The minimum Gasteiger partial charge on any atom is -0.474 e. The quantitative estimate of drug-likeness (QED) is 0.290. The zero-order valence-electron chi connectivity index (χ0n) is 23.9. The van der Waals surface area contributed by atoms with Crippen LogP contribution in [0.2, 0.25) is 0 Å². The first-order chi connectivity index (χ1) is 21.3. The Morgan fingerprint density at radius 2 is 2.00 bits per heavy atom. The van der Waals surface area contributed by atoms with E-state index in [2.05, 4.69) is 41.3 Å². The van der Waals surface area contributed by atoms with Crippen LogP contribution in [0, 0.1) is 11.3 Å². The summed E-state index contributed by atoms with van der Waals surface area (Å²) >= 11 is 0. The Kier molecular flexibility index (Phi) is 7.47. The zero-order chi connectivity index (χ0) is 30.3. The molecule has 4 aromatic rings. The number of H-pyrrole nitrogens is 1. The van der Waals surface area contributed by atoms with E-state index >= 15 is 0 Å². The summed E-state index contributed by atoms with van der Waals surface area (Å²) in [5.74, 6) is 0.00621. The standard InChI is InChI=1S/C30H32F3N9O2/c31-30(32,33)25-9-19(13-36-21-16-43-17-21)10-26(40-25)44-23-2-7-41(8-3-23)22-11-29(12-22,4-5-34)42-15-20(14-39-42)27-24-1-6-35-28(24)38-18-37-27/h1,6,9-10,14-15,18,21-23,36H,2-4,7-8,11-13,16-17H2,(H,35,37,38). The third kappa shape index (κ3) is 5.62. The fourth-order valence-corrected chi connectivity index (χ4v) is 6.45. The van der Waals surface area contributed by atoms with Crippen molar-refractivity contribution in [2.75, 3.05) is 26.3 Å². The van der Waals surface area contributed by atoms with Gasteiger partial charge in [-0.3, -0.25) is 9.58 Å². The molecule has 0 amide bonds. The predicted molar refractivity (Wildman–Crippen MR) is 152 cm³/mol. The highest BCUT2D eigenvalue weighted by molar-refractivity contribution is 5.90. The largest absolute Gasteiger partial charge is 0.474 e. The lowest BCUT2D eigenvalue weighted by molar-refractivity contribution is -0.141. The highest BCUT2D eigenvalue weighted by atomic mass is 19.4. The first-order valence-electron chi connectivity index (χ1n) is 14.8. The summed E-state index contributed by atoms with van der Waals surface area (Å²) in [7, 11) is 0. The highest BCUT2D eigenvalue weighted by Crippen LogP contribution is 2.45. The van der Waals surface area contributed by atoms with Crippen molar-refractivity contribution in [3.05, 3.63) is 54.4 Å². The lowest BCUT2D eigenvalue weighted by Crippen LogP contribution is -2.58. The first-order valence-corrected chi connectivity index (χ1v) is 14.8. The van der Waals surface area contributed by atoms with E-state index in [0.717, 1.165) is 54.3 Å². The lowest BCUT2D eigenvalue weighted by atomic mass is 9.69. The van der Waals surface area contributed by atoms with Crippen molar-refractivity contribution in [1.29, 1.82) is 5.26 Å². The number of rotatable bonds is 9. The van der Waals surface area contributed by atoms with E-state index in [-0.39, 0.29) is 30.6 Å². The number of piperidine rings is 1. The smallest absolute Gasteiger partial charge is 0.433 e. The SMILES string of the molecule is N#CCC1(n2cc(-c3ncnc4[nH]ccc34)cn2)CC(N2CCC(Oc3cc(CNC4COC4)cc(C(F)(F)F)n3)CC2)C1. The van der Waals surface area contributed by atoms with Gasteiger partial charge in [-0.2, -0.15) is 23.5 Å². The van der Waals surface area contributed by atoms with Crippen molar-refractivity contribution in [3.8, 4) is 23.2 Å². The summed E-state index contributed by atoms with van der Waals surface area (Å²) < 4.78 is 53.8. The van der Waals surface area contributed by atoms with Crippen LogP contribution in [0.4, 0.5) is 13.2 Å². The predicted octanol–water partition coefficient (Wildman–Crippen LogP) is 4.04. The molecule has 14 heteroatoms. The normalized spacial score (nSPS) is 23.3. The molecule has 230 valence electrons. The molecular weight excluding hydrogens is 575 g/mol. The molecule has 1 saturated carbocycles. The number of pyridine rings is 1. The Hall–Kier alpha value is -4.06. The number of nitriles is 1. The zero-order valence-corrected chi connectivity index (χ0v) is 23.9. The number of aromatic nitrogens is 6. The number of aromatic amines is 1. The molecule has 0 spiro atoms. The van der Waals surface area contributed by atoms with Gasteiger partial charge < -0.3 is 19.8 Å². The fraction of sp³-hybridized carbons (Fsp3) is 0.500. The Bertz CT molecular complexity index is 1660. The van der Waals surface area contributed by atoms with Gasteiger partial charge in [0.2, 0.25) is 5.88 Å². The second-order valence-corrected chi connectivity index (χ2v) is 11.9. The monoisotopic (exact) mass is 607 g/mol. The molecule has 1 aliphatic carbocycles. The summed E-state index contributed by atoms with van der Waals surface area (Å²) in [6, 6.07) is 7.39. The molecule has 2 aliphatic heterocycles. The van der Waals surface area contributed by atoms with Crippen molar-refractivity contribution in [3.63, 3.8) is 0 Å². The van der Waals surface area contributed by atoms with E-state index in [0.29, 0.717) is 38.0 Å². The summed E-state index contributed by atoms with van der Waals surface area (Å²) in [6.07, 6.45) is 5.60. The summed E-state index contributed by atoms with van der Waals surface area (Å²) in [6.45, 7) is 2.91. The molecule has 0 aromatic carbocycles. The van der Waals surface area contributed by atoms with Gasteiger partial charge in [0.15, 0.2) is 0 Å². The number of nitrogens with zero attached hydrogens (tertiary/aromatic N) is 7. The van der Waals surface area contributed by atoms with Gasteiger partial charge in [-0.05, 0) is 43.4 Å². The number of hydrogen-bond donors (Lipinski definition) is 2. The minimum atomic E-state index is -4.56. The molecule has 3 fully saturated rings. The van der Waals surface area contributed by atoms with Gasteiger partial charge >= 0.3 is 6.18 Å². The molecule has 0 atom stereocenters. The maximum absolute atomic E-state index is 13.6.